The van der Waals surface area contributed by atoms with E-state index in [1.54, 1.807) is 6.92 Å². The van der Waals surface area contributed by atoms with Crippen molar-refractivity contribution in [3.8, 4) is 0 Å². The second-order valence-electron chi connectivity index (χ2n) is 3.33. The number of hydrogen-bond acceptors (Lipinski definition) is 3. The Morgan fingerprint density at radius 1 is 1.53 bits per heavy atom. The normalized spacial score (nSPS) is 24.6. The standard InChI is InChI=1S/C8H13N3O4/c1-2-8(3-4-9-7(14)15)5(12)10-6(13)11-8/h9H,2-4H2,1H3,(H,14,15)(H2,10,11,12,13). The summed E-state index contributed by atoms with van der Waals surface area (Å²) in [7, 11) is 0. The number of rotatable bonds is 4. The minimum Gasteiger partial charge on any atom is -0.465 e. The van der Waals surface area contributed by atoms with Gasteiger partial charge in [-0.1, -0.05) is 6.92 Å². The third-order valence-corrected chi connectivity index (χ3v) is 2.45. The van der Waals surface area contributed by atoms with Crippen molar-refractivity contribution in [3.63, 3.8) is 0 Å². The van der Waals surface area contributed by atoms with Gasteiger partial charge in [-0.05, 0) is 12.8 Å². The highest BCUT2D eigenvalue weighted by Crippen LogP contribution is 2.18. The van der Waals surface area contributed by atoms with Crippen LogP contribution < -0.4 is 16.0 Å². The molecule has 1 aliphatic rings. The Morgan fingerprint density at radius 3 is 2.60 bits per heavy atom. The Bertz CT molecular complexity index is 304. The monoisotopic (exact) mass is 215 g/mol. The summed E-state index contributed by atoms with van der Waals surface area (Å²) >= 11 is 0. The van der Waals surface area contributed by atoms with Gasteiger partial charge in [0.05, 0.1) is 0 Å². The number of carbonyl (C=O) groups excluding carboxylic acids is 2. The van der Waals surface area contributed by atoms with Crippen molar-refractivity contribution in [1.82, 2.24) is 16.0 Å². The third kappa shape index (κ3) is 2.36. The smallest absolute Gasteiger partial charge is 0.404 e. The lowest BCUT2D eigenvalue weighted by molar-refractivity contribution is -0.124. The molecule has 7 nitrogen and oxygen atoms in total. The highest BCUT2D eigenvalue weighted by atomic mass is 16.4. The van der Waals surface area contributed by atoms with Gasteiger partial charge in [-0.3, -0.25) is 10.1 Å². The lowest BCUT2D eigenvalue weighted by atomic mass is 9.92. The summed E-state index contributed by atoms with van der Waals surface area (Å²) in [5, 5.41) is 15.2. The first-order valence-corrected chi connectivity index (χ1v) is 4.60. The topological polar surface area (TPSA) is 108 Å². The largest absolute Gasteiger partial charge is 0.465 e. The summed E-state index contributed by atoms with van der Waals surface area (Å²) < 4.78 is 0. The second-order valence-corrected chi connectivity index (χ2v) is 3.33. The van der Waals surface area contributed by atoms with Crippen LogP contribution >= 0.6 is 0 Å². The van der Waals surface area contributed by atoms with Crippen LogP contribution in [0.15, 0.2) is 0 Å². The lowest BCUT2D eigenvalue weighted by Crippen LogP contribution is -2.48. The first-order chi connectivity index (χ1) is 7.00. The summed E-state index contributed by atoms with van der Waals surface area (Å²) in [6.07, 6.45) is -0.481. The number of carboxylic acid groups (broad SMARTS) is 1. The molecule has 1 fully saturated rings. The maximum Gasteiger partial charge on any atom is 0.404 e. The predicted molar refractivity (Wildman–Crippen MR) is 50.3 cm³/mol. The lowest BCUT2D eigenvalue weighted by Gasteiger charge is -2.23. The summed E-state index contributed by atoms with van der Waals surface area (Å²) in [5.41, 5.74) is -0.973. The van der Waals surface area contributed by atoms with E-state index < -0.39 is 23.6 Å². The Balaban J connectivity index is 2.57. The van der Waals surface area contributed by atoms with Gasteiger partial charge in [0, 0.05) is 6.54 Å². The zero-order valence-corrected chi connectivity index (χ0v) is 8.29. The van der Waals surface area contributed by atoms with Crippen LogP contribution in [0.4, 0.5) is 9.59 Å². The summed E-state index contributed by atoms with van der Waals surface area (Å²) in [5.74, 6) is -0.401. The summed E-state index contributed by atoms with van der Waals surface area (Å²) in [6.45, 7) is 1.88. The molecule has 0 aromatic carbocycles. The van der Waals surface area contributed by atoms with Crippen LogP contribution in [0.5, 0.6) is 0 Å². The van der Waals surface area contributed by atoms with E-state index in [9.17, 15) is 14.4 Å². The average molecular weight is 215 g/mol. The molecule has 0 aromatic rings. The van der Waals surface area contributed by atoms with Crippen LogP contribution in [-0.2, 0) is 4.79 Å². The first-order valence-electron chi connectivity index (χ1n) is 4.60. The predicted octanol–water partition coefficient (Wildman–Crippen LogP) is -0.368. The van der Waals surface area contributed by atoms with Gasteiger partial charge in [0.15, 0.2) is 0 Å². The molecule has 0 aromatic heterocycles. The molecule has 7 heteroatoms. The van der Waals surface area contributed by atoms with Crippen LogP contribution in [-0.4, -0.2) is 35.2 Å². The number of nitrogens with one attached hydrogen (secondary N) is 3. The second kappa shape index (κ2) is 4.16. The minimum absolute atomic E-state index is 0.122. The highest BCUT2D eigenvalue weighted by Gasteiger charge is 2.44. The molecule has 0 saturated carbocycles. The molecule has 15 heavy (non-hydrogen) atoms. The van der Waals surface area contributed by atoms with Crippen molar-refractivity contribution in [2.24, 2.45) is 0 Å². The van der Waals surface area contributed by atoms with Crippen LogP contribution in [0, 0.1) is 0 Å². The van der Waals surface area contributed by atoms with E-state index in [0.29, 0.717) is 6.42 Å². The molecule has 84 valence electrons. The van der Waals surface area contributed by atoms with Crippen LogP contribution in [0.25, 0.3) is 0 Å². The van der Waals surface area contributed by atoms with E-state index in [1.165, 1.54) is 0 Å². The maximum absolute atomic E-state index is 11.4. The van der Waals surface area contributed by atoms with Gasteiger partial charge in [0.25, 0.3) is 5.91 Å². The Labute approximate surface area is 86.2 Å². The van der Waals surface area contributed by atoms with E-state index in [2.05, 4.69) is 16.0 Å². The van der Waals surface area contributed by atoms with Gasteiger partial charge < -0.3 is 15.7 Å². The molecule has 1 heterocycles. The average Bonchev–Trinajstić information content (AvgIpc) is 2.41. The van der Waals surface area contributed by atoms with Crippen molar-refractivity contribution >= 4 is 18.0 Å². The molecule has 0 aliphatic carbocycles. The van der Waals surface area contributed by atoms with Crippen LogP contribution in [0.3, 0.4) is 0 Å². The molecular weight excluding hydrogens is 202 g/mol. The van der Waals surface area contributed by atoms with Crippen molar-refractivity contribution in [3.05, 3.63) is 0 Å². The minimum atomic E-state index is -1.15. The Hall–Kier alpha value is -1.79. The molecule has 1 unspecified atom stereocenters. The molecule has 0 spiro atoms. The fourth-order valence-electron chi connectivity index (χ4n) is 1.51. The van der Waals surface area contributed by atoms with E-state index in [-0.39, 0.29) is 13.0 Å². The number of hydrogen-bond donors (Lipinski definition) is 4. The van der Waals surface area contributed by atoms with E-state index in [0.717, 1.165) is 0 Å². The number of imide groups is 1. The van der Waals surface area contributed by atoms with Crippen LogP contribution in [0.2, 0.25) is 0 Å². The molecular formula is C8H13N3O4. The van der Waals surface area contributed by atoms with Crippen molar-refractivity contribution < 1.29 is 19.5 Å². The van der Waals surface area contributed by atoms with Crippen LogP contribution in [0.1, 0.15) is 19.8 Å². The van der Waals surface area contributed by atoms with E-state index in [4.69, 9.17) is 5.11 Å². The van der Waals surface area contributed by atoms with E-state index in [1.807, 2.05) is 0 Å². The van der Waals surface area contributed by atoms with Gasteiger partial charge in [-0.25, -0.2) is 9.59 Å². The summed E-state index contributed by atoms with van der Waals surface area (Å²) in [6, 6.07) is -0.530. The molecule has 1 atom stereocenters. The van der Waals surface area contributed by atoms with E-state index >= 15 is 0 Å². The zero-order chi connectivity index (χ0) is 11.5. The third-order valence-electron chi connectivity index (χ3n) is 2.45. The maximum atomic E-state index is 11.4. The number of urea groups is 1. The van der Waals surface area contributed by atoms with Gasteiger partial charge >= 0.3 is 12.1 Å². The molecule has 1 aliphatic heterocycles. The van der Waals surface area contributed by atoms with Crippen molar-refractivity contribution in [2.45, 2.75) is 25.3 Å². The molecule has 4 amide bonds. The molecule has 4 N–H and O–H groups in total. The number of carbonyl (C=O) groups is 3. The van der Waals surface area contributed by atoms with Gasteiger partial charge in [0.2, 0.25) is 0 Å². The molecule has 1 saturated heterocycles. The summed E-state index contributed by atoms with van der Waals surface area (Å²) in [4.78, 5) is 32.6. The zero-order valence-electron chi connectivity index (χ0n) is 8.29. The molecule has 1 rings (SSSR count). The van der Waals surface area contributed by atoms with Crippen molar-refractivity contribution in [1.29, 1.82) is 0 Å². The SMILES string of the molecule is CCC1(CCNC(=O)O)NC(=O)NC1=O. The Morgan fingerprint density at radius 2 is 2.20 bits per heavy atom. The van der Waals surface area contributed by atoms with Gasteiger partial charge in [-0.15, -0.1) is 0 Å². The fraction of sp³-hybridized carbons (Fsp3) is 0.625. The van der Waals surface area contributed by atoms with Crippen molar-refractivity contribution in [2.75, 3.05) is 6.54 Å². The molecule has 0 radical (unpaired) electrons. The van der Waals surface area contributed by atoms with Gasteiger partial charge in [0.1, 0.15) is 5.54 Å². The van der Waals surface area contributed by atoms with Gasteiger partial charge in [-0.2, -0.15) is 0 Å². The first kappa shape index (κ1) is 11.3. The highest BCUT2D eigenvalue weighted by molar-refractivity contribution is 6.06. The fourth-order valence-corrected chi connectivity index (χ4v) is 1.51. The quantitative estimate of drug-likeness (QED) is 0.480. The number of amides is 4. The molecule has 0 bridgehead atoms. The Kier molecular flexibility index (Phi) is 3.13.